The number of benzene rings is 1. The van der Waals surface area contributed by atoms with E-state index in [0.29, 0.717) is 22.8 Å². The molecule has 3 aromatic rings. The maximum Gasteiger partial charge on any atom is 0.251 e. The van der Waals surface area contributed by atoms with Crippen molar-refractivity contribution in [3.05, 3.63) is 59.1 Å². The van der Waals surface area contributed by atoms with Gasteiger partial charge in [-0.3, -0.25) is 9.69 Å². The van der Waals surface area contributed by atoms with Crippen LogP contribution >= 0.6 is 12.2 Å². The number of carbonyl (C=O) groups is 1. The predicted octanol–water partition coefficient (Wildman–Crippen LogP) is 2.11. The monoisotopic (exact) mass is 368 g/mol. The van der Waals surface area contributed by atoms with Gasteiger partial charge in [-0.25, -0.2) is 14.2 Å². The standard InChI is InChI=1S/C18H20N6OS/c25-16(14-5-2-1-3-6-14)20-15-7-11-22(12-8-15)13-24-18(26)21-17-19-9-4-10-23(17)24/h1-6,9-10,15H,7-8,11-13H2,(H,20,25). The highest BCUT2D eigenvalue weighted by molar-refractivity contribution is 7.71. The lowest BCUT2D eigenvalue weighted by atomic mass is 10.0. The molecule has 134 valence electrons. The van der Waals surface area contributed by atoms with Gasteiger partial charge in [-0.05, 0) is 43.3 Å². The second-order valence-electron chi connectivity index (χ2n) is 6.43. The Balaban J connectivity index is 1.36. The molecule has 1 saturated heterocycles. The smallest absolute Gasteiger partial charge is 0.251 e. The number of hydrogen-bond acceptors (Lipinski definition) is 5. The zero-order valence-corrected chi connectivity index (χ0v) is 15.1. The van der Waals surface area contributed by atoms with E-state index in [2.05, 4.69) is 20.2 Å². The lowest BCUT2D eigenvalue weighted by molar-refractivity contribution is 0.0894. The van der Waals surface area contributed by atoms with Crippen LogP contribution in [0.15, 0.2) is 48.8 Å². The van der Waals surface area contributed by atoms with E-state index >= 15 is 0 Å². The van der Waals surface area contributed by atoms with Gasteiger partial charge in [-0.1, -0.05) is 18.2 Å². The number of hydrogen-bond donors (Lipinski definition) is 1. The molecule has 3 heterocycles. The predicted molar refractivity (Wildman–Crippen MR) is 100 cm³/mol. The van der Waals surface area contributed by atoms with Gasteiger partial charge in [0.1, 0.15) is 0 Å². The highest BCUT2D eigenvalue weighted by Crippen LogP contribution is 2.13. The summed E-state index contributed by atoms with van der Waals surface area (Å²) in [7, 11) is 0. The van der Waals surface area contributed by atoms with Gasteiger partial charge >= 0.3 is 0 Å². The van der Waals surface area contributed by atoms with Gasteiger partial charge in [0, 0.05) is 37.1 Å². The molecule has 1 aliphatic rings. The van der Waals surface area contributed by atoms with Gasteiger partial charge in [0.25, 0.3) is 11.7 Å². The van der Waals surface area contributed by atoms with Gasteiger partial charge in [-0.2, -0.15) is 4.98 Å². The second kappa shape index (κ2) is 7.35. The largest absolute Gasteiger partial charge is 0.349 e. The topological polar surface area (TPSA) is 67.5 Å². The molecule has 4 rings (SSSR count). The van der Waals surface area contributed by atoms with Crippen LogP contribution in [0.5, 0.6) is 0 Å². The molecule has 0 radical (unpaired) electrons. The van der Waals surface area contributed by atoms with Gasteiger partial charge in [-0.15, -0.1) is 0 Å². The number of fused-ring (bicyclic) bond motifs is 1. The molecule has 1 amide bonds. The second-order valence-corrected chi connectivity index (χ2v) is 6.80. The van der Waals surface area contributed by atoms with E-state index in [-0.39, 0.29) is 11.9 Å². The van der Waals surface area contributed by atoms with Crippen LogP contribution in [0.25, 0.3) is 5.78 Å². The molecule has 1 N–H and O–H groups in total. The molecule has 0 aliphatic carbocycles. The average Bonchev–Trinajstić information content (AvgIpc) is 2.99. The van der Waals surface area contributed by atoms with Crippen LogP contribution in [0.3, 0.4) is 0 Å². The van der Waals surface area contributed by atoms with Gasteiger partial charge < -0.3 is 5.32 Å². The normalized spacial score (nSPS) is 16.0. The molecule has 0 atom stereocenters. The molecule has 8 heteroatoms. The lowest BCUT2D eigenvalue weighted by Crippen LogP contribution is -2.45. The van der Waals surface area contributed by atoms with Crippen molar-refractivity contribution in [1.29, 1.82) is 0 Å². The summed E-state index contributed by atoms with van der Waals surface area (Å²) in [5.74, 6) is 0.613. The summed E-state index contributed by atoms with van der Waals surface area (Å²) in [6, 6.07) is 11.4. The number of nitrogens with zero attached hydrogens (tertiary/aromatic N) is 5. The highest BCUT2D eigenvalue weighted by atomic mass is 32.1. The summed E-state index contributed by atoms with van der Waals surface area (Å²) in [6.45, 7) is 2.47. The SMILES string of the molecule is O=C(NC1CCN(Cn2c(=S)nc3ncccn32)CC1)c1ccccc1. The zero-order chi connectivity index (χ0) is 17.9. The van der Waals surface area contributed by atoms with E-state index in [1.54, 1.807) is 6.20 Å². The molecule has 1 aromatic carbocycles. The molecule has 2 aromatic heterocycles. The summed E-state index contributed by atoms with van der Waals surface area (Å²) in [5, 5.41) is 3.14. The fourth-order valence-electron chi connectivity index (χ4n) is 3.25. The van der Waals surface area contributed by atoms with Crippen molar-refractivity contribution in [1.82, 2.24) is 29.4 Å². The van der Waals surface area contributed by atoms with Crippen LogP contribution in [0.2, 0.25) is 0 Å². The lowest BCUT2D eigenvalue weighted by Gasteiger charge is -2.32. The quantitative estimate of drug-likeness (QED) is 0.715. The Morgan fingerprint density at radius 2 is 1.96 bits per heavy atom. The Labute approximate surface area is 156 Å². The summed E-state index contributed by atoms with van der Waals surface area (Å²) >= 11 is 5.36. The minimum absolute atomic E-state index is 0.000807. The fraction of sp³-hybridized carbons (Fsp3) is 0.333. The van der Waals surface area contributed by atoms with Crippen LogP contribution in [0.1, 0.15) is 23.2 Å². The Morgan fingerprint density at radius 1 is 1.19 bits per heavy atom. The van der Waals surface area contributed by atoms with E-state index in [1.807, 2.05) is 51.8 Å². The number of likely N-dealkylation sites (tertiary alicyclic amines) is 1. The van der Waals surface area contributed by atoms with Crippen LogP contribution in [-0.4, -0.2) is 49.1 Å². The molecule has 1 aliphatic heterocycles. The van der Waals surface area contributed by atoms with Crippen molar-refractivity contribution in [3.8, 4) is 0 Å². The van der Waals surface area contributed by atoms with Gasteiger partial charge in [0.2, 0.25) is 4.77 Å². The van der Waals surface area contributed by atoms with Crippen molar-refractivity contribution in [2.45, 2.75) is 25.6 Å². The molecular formula is C18H20N6OS. The maximum absolute atomic E-state index is 12.3. The third kappa shape index (κ3) is 3.51. The first-order valence-electron chi connectivity index (χ1n) is 8.69. The molecular weight excluding hydrogens is 348 g/mol. The van der Waals surface area contributed by atoms with Crippen molar-refractivity contribution in [2.75, 3.05) is 13.1 Å². The minimum atomic E-state index is -0.000807. The fourth-order valence-corrected chi connectivity index (χ4v) is 3.48. The molecule has 1 fully saturated rings. The van der Waals surface area contributed by atoms with Crippen LogP contribution in [0, 0.1) is 4.77 Å². The summed E-state index contributed by atoms with van der Waals surface area (Å²) < 4.78 is 4.36. The first kappa shape index (κ1) is 16.9. The number of amides is 1. The first-order chi connectivity index (χ1) is 12.7. The van der Waals surface area contributed by atoms with Crippen LogP contribution in [-0.2, 0) is 6.67 Å². The van der Waals surface area contributed by atoms with E-state index in [4.69, 9.17) is 12.2 Å². The number of rotatable bonds is 4. The maximum atomic E-state index is 12.3. The Bertz CT molecular complexity index is 958. The summed E-state index contributed by atoms with van der Waals surface area (Å²) in [5.41, 5.74) is 0.708. The van der Waals surface area contributed by atoms with E-state index in [9.17, 15) is 4.79 Å². The van der Waals surface area contributed by atoms with Gasteiger partial charge in [0.15, 0.2) is 0 Å². The average molecular weight is 368 g/mol. The zero-order valence-electron chi connectivity index (χ0n) is 14.3. The summed E-state index contributed by atoms with van der Waals surface area (Å²) in [6.07, 6.45) is 5.46. The molecule has 0 spiro atoms. The Kier molecular flexibility index (Phi) is 4.77. The molecule has 0 unspecified atom stereocenters. The van der Waals surface area contributed by atoms with Crippen molar-refractivity contribution < 1.29 is 4.79 Å². The van der Waals surface area contributed by atoms with Crippen LogP contribution < -0.4 is 5.32 Å². The van der Waals surface area contributed by atoms with Crippen molar-refractivity contribution in [3.63, 3.8) is 0 Å². The molecule has 26 heavy (non-hydrogen) atoms. The molecule has 0 saturated carbocycles. The Hall–Kier alpha value is -2.58. The molecule has 0 bridgehead atoms. The first-order valence-corrected chi connectivity index (χ1v) is 9.10. The number of carbonyl (C=O) groups excluding carboxylic acids is 1. The third-order valence-corrected chi connectivity index (χ3v) is 4.98. The van der Waals surface area contributed by atoms with Crippen molar-refractivity contribution in [2.24, 2.45) is 0 Å². The van der Waals surface area contributed by atoms with Crippen molar-refractivity contribution >= 4 is 23.9 Å². The minimum Gasteiger partial charge on any atom is -0.349 e. The van der Waals surface area contributed by atoms with E-state index in [0.717, 1.165) is 25.9 Å². The molecule has 7 nitrogen and oxygen atoms in total. The number of piperidine rings is 1. The third-order valence-electron chi connectivity index (χ3n) is 4.68. The highest BCUT2D eigenvalue weighted by Gasteiger charge is 2.22. The van der Waals surface area contributed by atoms with Crippen LogP contribution in [0.4, 0.5) is 0 Å². The van der Waals surface area contributed by atoms with E-state index < -0.39 is 0 Å². The van der Waals surface area contributed by atoms with Gasteiger partial charge in [0.05, 0.1) is 6.67 Å². The Morgan fingerprint density at radius 3 is 2.73 bits per heavy atom. The number of aromatic nitrogens is 4. The summed E-state index contributed by atoms with van der Waals surface area (Å²) in [4.78, 5) is 23.1. The number of nitrogens with one attached hydrogen (secondary N) is 1. The van der Waals surface area contributed by atoms with E-state index in [1.165, 1.54) is 0 Å².